The number of amides is 1. The highest BCUT2D eigenvalue weighted by atomic mass is 16.5. The zero-order chi connectivity index (χ0) is 18.2. The summed E-state index contributed by atoms with van der Waals surface area (Å²) in [6.45, 7) is 3.94. The van der Waals surface area contributed by atoms with E-state index in [-0.39, 0.29) is 17.9 Å². The van der Waals surface area contributed by atoms with E-state index < -0.39 is 0 Å². The van der Waals surface area contributed by atoms with Crippen LogP contribution in [0.2, 0.25) is 0 Å². The Kier molecular flexibility index (Phi) is 6.61. The first-order chi connectivity index (χ1) is 12.8. The molecule has 0 unspecified atom stereocenters. The van der Waals surface area contributed by atoms with E-state index in [0.29, 0.717) is 31.1 Å². The molecule has 2 aromatic rings. The summed E-state index contributed by atoms with van der Waals surface area (Å²) in [7, 11) is 0. The van der Waals surface area contributed by atoms with Gasteiger partial charge in [-0.2, -0.15) is 0 Å². The van der Waals surface area contributed by atoms with Crippen LogP contribution in [-0.2, 0) is 11.2 Å². The number of hydrogen-bond acceptors (Lipinski definition) is 4. The van der Waals surface area contributed by atoms with Crippen molar-refractivity contribution in [3.05, 3.63) is 59.9 Å². The van der Waals surface area contributed by atoms with Crippen LogP contribution in [0.3, 0.4) is 0 Å². The third-order valence-corrected chi connectivity index (χ3v) is 4.65. The summed E-state index contributed by atoms with van der Waals surface area (Å²) >= 11 is 0. The summed E-state index contributed by atoms with van der Waals surface area (Å²) in [6, 6.07) is 11.4. The quantitative estimate of drug-likeness (QED) is 0.739. The number of benzene rings is 1. The average Bonchev–Trinajstić information content (AvgIpc) is 3.10. The Balaban J connectivity index is 1.63. The zero-order valence-corrected chi connectivity index (χ0v) is 15.2. The Hall–Kier alpha value is -2.40. The van der Waals surface area contributed by atoms with Gasteiger partial charge in [0.25, 0.3) is 5.91 Å². The molecular formula is C21H26N2O3. The van der Waals surface area contributed by atoms with E-state index in [1.807, 2.05) is 36.4 Å². The maximum atomic E-state index is 12.8. The van der Waals surface area contributed by atoms with Crippen LogP contribution in [0.25, 0.3) is 0 Å². The van der Waals surface area contributed by atoms with E-state index in [1.165, 1.54) is 5.56 Å². The summed E-state index contributed by atoms with van der Waals surface area (Å²) in [5.41, 5.74) is 1.79. The van der Waals surface area contributed by atoms with E-state index in [0.717, 1.165) is 19.3 Å². The Morgan fingerprint density at radius 2 is 2.04 bits per heavy atom. The fourth-order valence-electron chi connectivity index (χ4n) is 3.13. The van der Waals surface area contributed by atoms with Gasteiger partial charge < -0.3 is 14.8 Å². The summed E-state index contributed by atoms with van der Waals surface area (Å²) in [5, 5.41) is 3.14. The number of rotatable bonds is 8. The monoisotopic (exact) mass is 354 g/mol. The Bertz CT molecular complexity index is 705. The van der Waals surface area contributed by atoms with E-state index in [4.69, 9.17) is 9.47 Å². The molecule has 1 aromatic heterocycles. The summed E-state index contributed by atoms with van der Waals surface area (Å²) in [5.74, 6) is 0.796. The first-order valence-electron chi connectivity index (χ1n) is 9.27. The van der Waals surface area contributed by atoms with Crippen molar-refractivity contribution in [1.29, 1.82) is 0 Å². The third-order valence-electron chi connectivity index (χ3n) is 4.65. The predicted molar refractivity (Wildman–Crippen MR) is 100 cm³/mol. The van der Waals surface area contributed by atoms with E-state index >= 15 is 0 Å². The number of hydrogen-bond donors (Lipinski definition) is 1. The number of nitrogens with zero attached hydrogens (tertiary/aromatic N) is 1. The molecule has 5 heteroatoms. The first-order valence-corrected chi connectivity index (χ1v) is 9.27. The predicted octanol–water partition coefficient (Wildman–Crippen LogP) is 3.25. The van der Waals surface area contributed by atoms with Crippen molar-refractivity contribution in [3.63, 3.8) is 0 Å². The molecule has 1 aliphatic rings. The van der Waals surface area contributed by atoms with Crippen molar-refractivity contribution in [2.24, 2.45) is 5.92 Å². The van der Waals surface area contributed by atoms with Gasteiger partial charge in [-0.05, 0) is 42.7 Å². The molecule has 1 aliphatic heterocycles. The summed E-state index contributed by atoms with van der Waals surface area (Å²) < 4.78 is 11.4. The number of nitrogens with one attached hydrogen (secondary N) is 1. The molecular weight excluding hydrogens is 328 g/mol. The number of unbranched alkanes of at least 4 members (excludes halogenated alkanes) is 1. The molecule has 1 fully saturated rings. The summed E-state index contributed by atoms with van der Waals surface area (Å²) in [6.07, 6.45) is 6.48. The van der Waals surface area contributed by atoms with Crippen LogP contribution in [-0.4, -0.2) is 36.8 Å². The van der Waals surface area contributed by atoms with E-state index in [9.17, 15) is 4.79 Å². The van der Waals surface area contributed by atoms with Gasteiger partial charge in [-0.15, -0.1) is 0 Å². The van der Waals surface area contributed by atoms with Gasteiger partial charge in [0.1, 0.15) is 5.75 Å². The fraction of sp³-hybridized carbons (Fsp3) is 0.429. The number of carbonyl (C=O) groups excluding carboxylic acids is 1. The molecule has 3 rings (SSSR count). The lowest BCUT2D eigenvalue weighted by Gasteiger charge is -2.20. The molecule has 0 radical (unpaired) electrons. The van der Waals surface area contributed by atoms with Crippen LogP contribution >= 0.6 is 0 Å². The van der Waals surface area contributed by atoms with Crippen molar-refractivity contribution >= 4 is 5.91 Å². The number of aromatic nitrogens is 1. The molecule has 0 spiro atoms. The highest BCUT2D eigenvalue weighted by molar-refractivity contribution is 5.97. The van der Waals surface area contributed by atoms with Gasteiger partial charge in [0.2, 0.25) is 0 Å². The van der Waals surface area contributed by atoms with Crippen LogP contribution in [0.5, 0.6) is 5.75 Å². The molecule has 26 heavy (non-hydrogen) atoms. The van der Waals surface area contributed by atoms with Crippen molar-refractivity contribution in [2.45, 2.75) is 32.2 Å². The minimum Gasteiger partial charge on any atom is -0.493 e. The third kappa shape index (κ3) is 4.82. The highest BCUT2D eigenvalue weighted by Gasteiger charge is 2.30. The Morgan fingerprint density at radius 3 is 2.85 bits per heavy atom. The minimum absolute atomic E-state index is 0.000590. The van der Waals surface area contributed by atoms with Crippen molar-refractivity contribution in [2.75, 3.05) is 19.8 Å². The molecule has 138 valence electrons. The maximum absolute atomic E-state index is 12.8. The lowest BCUT2D eigenvalue weighted by atomic mass is 9.95. The topological polar surface area (TPSA) is 60.5 Å². The lowest BCUT2D eigenvalue weighted by molar-refractivity contribution is 0.0921. The SMILES string of the molecule is CCCCOc1ccccc1C(=O)N[C@H]1COC[C@H]1Cc1ccncc1. The largest absolute Gasteiger partial charge is 0.493 e. The fourth-order valence-corrected chi connectivity index (χ4v) is 3.13. The first kappa shape index (κ1) is 18.4. The molecule has 1 saturated heterocycles. The van der Waals surface area contributed by atoms with Crippen LogP contribution < -0.4 is 10.1 Å². The molecule has 0 saturated carbocycles. The lowest BCUT2D eigenvalue weighted by Crippen LogP contribution is -2.40. The molecule has 0 aliphatic carbocycles. The smallest absolute Gasteiger partial charge is 0.255 e. The van der Waals surface area contributed by atoms with Crippen molar-refractivity contribution in [3.8, 4) is 5.75 Å². The summed E-state index contributed by atoms with van der Waals surface area (Å²) in [4.78, 5) is 16.8. The van der Waals surface area contributed by atoms with Gasteiger partial charge in [0.05, 0.1) is 31.4 Å². The van der Waals surface area contributed by atoms with Crippen molar-refractivity contribution < 1.29 is 14.3 Å². The second-order valence-corrected chi connectivity index (χ2v) is 6.64. The molecule has 1 aromatic carbocycles. The Labute approximate surface area is 154 Å². The highest BCUT2D eigenvalue weighted by Crippen LogP contribution is 2.22. The molecule has 2 atom stereocenters. The van der Waals surface area contributed by atoms with Gasteiger partial charge in [-0.25, -0.2) is 0 Å². The second-order valence-electron chi connectivity index (χ2n) is 6.64. The molecule has 1 amide bonds. The Morgan fingerprint density at radius 1 is 1.23 bits per heavy atom. The number of carbonyl (C=O) groups is 1. The number of ether oxygens (including phenoxy) is 2. The van der Waals surface area contributed by atoms with Crippen molar-refractivity contribution in [1.82, 2.24) is 10.3 Å². The molecule has 1 N–H and O–H groups in total. The van der Waals surface area contributed by atoms with Gasteiger partial charge >= 0.3 is 0 Å². The van der Waals surface area contributed by atoms with E-state index in [2.05, 4.69) is 17.2 Å². The van der Waals surface area contributed by atoms with Gasteiger partial charge in [0.15, 0.2) is 0 Å². The average molecular weight is 354 g/mol. The number of pyridine rings is 1. The second kappa shape index (κ2) is 9.34. The zero-order valence-electron chi connectivity index (χ0n) is 15.2. The number of para-hydroxylation sites is 1. The van der Waals surface area contributed by atoms with Crippen LogP contribution in [0.15, 0.2) is 48.8 Å². The minimum atomic E-state index is -0.104. The molecule has 2 heterocycles. The van der Waals surface area contributed by atoms with Crippen LogP contribution in [0.1, 0.15) is 35.7 Å². The van der Waals surface area contributed by atoms with Gasteiger partial charge in [-0.1, -0.05) is 25.5 Å². The van der Waals surface area contributed by atoms with E-state index in [1.54, 1.807) is 12.4 Å². The van der Waals surface area contributed by atoms with Crippen LogP contribution in [0.4, 0.5) is 0 Å². The molecule has 5 nitrogen and oxygen atoms in total. The van der Waals surface area contributed by atoms with Gasteiger partial charge in [-0.3, -0.25) is 9.78 Å². The molecule has 0 bridgehead atoms. The standard InChI is InChI=1S/C21H26N2O3/c1-2-3-12-26-20-7-5-4-6-18(20)21(24)23-19-15-25-14-17(19)13-16-8-10-22-11-9-16/h4-11,17,19H,2-3,12-15H2,1H3,(H,23,24)/t17-,19+/m1/s1. The van der Waals surface area contributed by atoms with Gasteiger partial charge in [0, 0.05) is 18.3 Å². The maximum Gasteiger partial charge on any atom is 0.255 e. The normalized spacial score (nSPS) is 19.3. The van der Waals surface area contributed by atoms with Crippen LogP contribution in [0, 0.1) is 5.92 Å².